The molecule has 0 unspecified atom stereocenters. The number of carboxylic acid groups (broad SMARTS) is 1. The van der Waals surface area contributed by atoms with Gasteiger partial charge in [0.25, 0.3) is 5.69 Å². The van der Waals surface area contributed by atoms with Crippen LogP contribution in [0.3, 0.4) is 0 Å². The van der Waals surface area contributed by atoms with E-state index in [1.807, 2.05) is 13.8 Å². The molecule has 0 bridgehead atoms. The second-order valence-corrected chi connectivity index (χ2v) is 6.23. The number of nitrogens with one attached hydrogen (secondary N) is 1. The molecule has 1 aromatic rings. The number of nitrogens with two attached hydrogens (primary N) is 1. The van der Waals surface area contributed by atoms with Crippen molar-refractivity contribution < 1.29 is 29.7 Å². The number of hydrogen-bond acceptors (Lipinski definition) is 6. The Hall–Kier alpha value is -2.52. The number of nitrogens with zero attached hydrogens (tertiary/aromatic N) is 1. The molecule has 0 radical (unpaired) electrons. The van der Waals surface area contributed by atoms with Crippen LogP contribution in [0.15, 0.2) is 18.2 Å². The Morgan fingerprint density at radius 2 is 2.04 bits per heavy atom. The van der Waals surface area contributed by atoms with E-state index in [0.717, 1.165) is 0 Å². The molecule has 144 valence electrons. The summed E-state index contributed by atoms with van der Waals surface area (Å²) in [6.45, 7) is 6.50. The summed E-state index contributed by atoms with van der Waals surface area (Å²) >= 11 is 0. The summed E-state index contributed by atoms with van der Waals surface area (Å²) in [4.78, 5) is 33.6. The third-order valence-electron chi connectivity index (χ3n) is 3.66. The minimum absolute atomic E-state index is 0.107. The zero-order valence-electron chi connectivity index (χ0n) is 15.2. The maximum absolute atomic E-state index is 12.1. The van der Waals surface area contributed by atoms with Crippen LogP contribution < -0.4 is 15.7 Å². The Morgan fingerprint density at radius 1 is 1.35 bits per heavy atom. The Kier molecular flexibility index (Phi) is 8.66. The number of quaternary nitrogens is 1. The summed E-state index contributed by atoms with van der Waals surface area (Å²) in [6, 6.07) is 3.06. The second-order valence-electron chi connectivity index (χ2n) is 6.23. The van der Waals surface area contributed by atoms with Gasteiger partial charge in [-0.05, 0) is 26.3 Å². The number of amides is 1. The van der Waals surface area contributed by atoms with Gasteiger partial charge in [0.15, 0.2) is 0 Å². The molecule has 3 N–H and O–H groups in total. The van der Waals surface area contributed by atoms with Gasteiger partial charge in [0.05, 0.1) is 42.3 Å². The fraction of sp³-hybridized carbons (Fsp3) is 0.529. The highest BCUT2D eigenvalue weighted by molar-refractivity contribution is 5.94. The topological polar surface area (TPSA) is 138 Å². The van der Waals surface area contributed by atoms with Gasteiger partial charge in [-0.3, -0.25) is 14.9 Å². The lowest BCUT2D eigenvalue weighted by Crippen LogP contribution is -2.93. The van der Waals surface area contributed by atoms with Crippen LogP contribution in [-0.4, -0.2) is 42.1 Å². The number of aliphatic carboxylic acids is 1. The number of carbonyl (C=O) groups excluding carboxylic acids is 2. The fourth-order valence-electron chi connectivity index (χ4n) is 2.24. The van der Waals surface area contributed by atoms with E-state index in [9.17, 15) is 24.8 Å². The molecule has 0 aliphatic rings. The number of nitro benzene ring substituents is 1. The summed E-state index contributed by atoms with van der Waals surface area (Å²) in [6.07, 6.45) is 0.458. The van der Waals surface area contributed by atoms with Crippen molar-refractivity contribution in [3.8, 4) is 0 Å². The molecule has 0 spiro atoms. The molecule has 0 aliphatic heterocycles. The first-order chi connectivity index (χ1) is 12.2. The first-order valence-corrected chi connectivity index (χ1v) is 8.41. The maximum Gasteiger partial charge on any atom is 0.271 e. The summed E-state index contributed by atoms with van der Waals surface area (Å²) in [5.41, 5.74) is 0.773. The molecular weight excluding hydrogens is 342 g/mol. The predicted molar refractivity (Wildman–Crippen MR) is 92.4 cm³/mol. The molecule has 1 amide bonds. The van der Waals surface area contributed by atoms with Crippen LogP contribution in [0.2, 0.25) is 0 Å². The fourth-order valence-corrected chi connectivity index (χ4v) is 2.24. The quantitative estimate of drug-likeness (QED) is 0.314. The molecule has 26 heavy (non-hydrogen) atoms. The van der Waals surface area contributed by atoms with E-state index in [-0.39, 0.29) is 23.9 Å². The van der Waals surface area contributed by atoms with Gasteiger partial charge in [-0.25, -0.2) is 0 Å². The highest BCUT2D eigenvalue weighted by Gasteiger charge is 2.19. The minimum Gasteiger partial charge on any atom is -0.544 e. The summed E-state index contributed by atoms with van der Waals surface area (Å²) in [7, 11) is 0. The maximum atomic E-state index is 12.1. The first-order valence-electron chi connectivity index (χ1n) is 8.41. The largest absolute Gasteiger partial charge is 0.544 e. The second kappa shape index (κ2) is 10.5. The number of carboxylic acids is 1. The third kappa shape index (κ3) is 7.58. The predicted octanol–water partition coefficient (Wildman–Crippen LogP) is -0.271. The van der Waals surface area contributed by atoms with Crippen molar-refractivity contribution in [1.29, 1.82) is 0 Å². The van der Waals surface area contributed by atoms with Crippen molar-refractivity contribution in [2.24, 2.45) is 0 Å². The number of anilines is 1. The first kappa shape index (κ1) is 21.5. The van der Waals surface area contributed by atoms with Crippen LogP contribution in [0.1, 0.15) is 32.3 Å². The Morgan fingerprint density at radius 3 is 2.62 bits per heavy atom. The lowest BCUT2D eigenvalue weighted by atomic mass is 10.1. The number of carbonyl (C=O) groups is 2. The van der Waals surface area contributed by atoms with Crippen molar-refractivity contribution >= 4 is 23.3 Å². The minimum atomic E-state index is -1.33. The van der Waals surface area contributed by atoms with E-state index in [2.05, 4.69) is 5.32 Å². The molecule has 9 nitrogen and oxygen atoms in total. The monoisotopic (exact) mass is 367 g/mol. The van der Waals surface area contributed by atoms with Crippen LogP contribution in [0.5, 0.6) is 0 Å². The number of aryl methyl sites for hydroxylation is 1. The summed E-state index contributed by atoms with van der Waals surface area (Å²) in [5.74, 6) is -1.88. The molecule has 0 aliphatic carbocycles. The Labute approximate surface area is 151 Å². The van der Waals surface area contributed by atoms with E-state index in [1.54, 1.807) is 6.92 Å². The number of hydrogen-bond donors (Lipinski definition) is 2. The van der Waals surface area contributed by atoms with Crippen LogP contribution in [0.25, 0.3) is 0 Å². The van der Waals surface area contributed by atoms with Gasteiger partial charge < -0.3 is 25.3 Å². The van der Waals surface area contributed by atoms with Gasteiger partial charge in [0.1, 0.15) is 6.04 Å². The summed E-state index contributed by atoms with van der Waals surface area (Å²) in [5, 5.41) is 26.1. The van der Waals surface area contributed by atoms with Crippen molar-refractivity contribution in [1.82, 2.24) is 0 Å². The number of benzene rings is 1. The van der Waals surface area contributed by atoms with E-state index in [4.69, 9.17) is 4.74 Å². The molecule has 0 fully saturated rings. The number of nitro groups is 1. The highest BCUT2D eigenvalue weighted by Crippen LogP contribution is 2.21. The zero-order valence-corrected chi connectivity index (χ0v) is 15.2. The van der Waals surface area contributed by atoms with Gasteiger partial charge in [-0.1, -0.05) is 6.07 Å². The van der Waals surface area contributed by atoms with Crippen LogP contribution >= 0.6 is 0 Å². The molecule has 1 aromatic carbocycles. The molecule has 0 heterocycles. The number of non-ortho nitro benzene ring substituents is 1. The van der Waals surface area contributed by atoms with E-state index >= 15 is 0 Å². The van der Waals surface area contributed by atoms with Gasteiger partial charge in [-0.15, -0.1) is 0 Å². The van der Waals surface area contributed by atoms with Crippen molar-refractivity contribution in [2.45, 2.75) is 45.8 Å². The smallest absolute Gasteiger partial charge is 0.271 e. The zero-order chi connectivity index (χ0) is 19.7. The van der Waals surface area contributed by atoms with Crippen LogP contribution in [0, 0.1) is 17.0 Å². The SMILES string of the molecule is Cc1ccc([N+](=O)[O-])cc1NC(=O)C[C@H]([NH2+]CCCOC(C)C)C(=O)[O-]. The van der Waals surface area contributed by atoms with Crippen LogP contribution in [-0.2, 0) is 14.3 Å². The Bertz CT molecular complexity index is 647. The molecule has 0 saturated carbocycles. The Balaban J connectivity index is 2.58. The highest BCUT2D eigenvalue weighted by atomic mass is 16.6. The molecule has 0 aromatic heterocycles. The van der Waals surface area contributed by atoms with Crippen LogP contribution in [0.4, 0.5) is 11.4 Å². The van der Waals surface area contributed by atoms with Crippen molar-refractivity contribution in [2.75, 3.05) is 18.5 Å². The van der Waals surface area contributed by atoms with Gasteiger partial charge in [-0.2, -0.15) is 0 Å². The molecule has 0 saturated heterocycles. The lowest BCUT2D eigenvalue weighted by Gasteiger charge is -2.17. The molecular formula is C17H25N3O6. The number of ether oxygens (including phenoxy) is 1. The van der Waals surface area contributed by atoms with E-state index in [1.165, 1.54) is 23.5 Å². The lowest BCUT2D eigenvalue weighted by molar-refractivity contribution is -0.682. The van der Waals surface area contributed by atoms with Gasteiger partial charge >= 0.3 is 0 Å². The summed E-state index contributed by atoms with van der Waals surface area (Å²) < 4.78 is 5.37. The van der Waals surface area contributed by atoms with Gasteiger partial charge in [0, 0.05) is 18.6 Å². The standard InChI is InChI=1S/C17H25N3O6/c1-11(2)26-8-4-7-18-15(17(22)23)10-16(21)19-14-9-13(20(24)25)6-5-12(14)3/h5-6,9,11,15,18H,4,7-8,10H2,1-3H3,(H,19,21)(H,22,23)/t15-/m0/s1. The average molecular weight is 367 g/mol. The van der Waals surface area contributed by atoms with E-state index < -0.39 is 22.8 Å². The van der Waals surface area contributed by atoms with E-state index in [0.29, 0.717) is 25.1 Å². The van der Waals surface area contributed by atoms with Crippen molar-refractivity contribution in [3.63, 3.8) is 0 Å². The molecule has 1 rings (SSSR count). The average Bonchev–Trinajstić information content (AvgIpc) is 2.54. The molecule has 9 heteroatoms. The normalized spacial score (nSPS) is 12.0. The number of rotatable bonds is 11. The van der Waals surface area contributed by atoms with Gasteiger partial charge in [0.2, 0.25) is 5.91 Å². The third-order valence-corrected chi connectivity index (χ3v) is 3.66. The molecule has 1 atom stereocenters. The van der Waals surface area contributed by atoms with Crippen molar-refractivity contribution in [3.05, 3.63) is 33.9 Å².